The van der Waals surface area contributed by atoms with Crippen LogP contribution in [0.15, 0.2) is 23.6 Å². The van der Waals surface area contributed by atoms with E-state index in [1.165, 1.54) is 24.2 Å². The van der Waals surface area contributed by atoms with Crippen LogP contribution in [0.25, 0.3) is 0 Å². The smallest absolute Gasteiger partial charge is 0.257 e. The van der Waals surface area contributed by atoms with Crippen molar-refractivity contribution < 1.29 is 4.79 Å². The molecule has 4 nitrogen and oxygen atoms in total. The van der Waals surface area contributed by atoms with Crippen LogP contribution >= 0.6 is 34.5 Å². The van der Waals surface area contributed by atoms with Crippen molar-refractivity contribution in [1.82, 2.24) is 9.88 Å². The highest BCUT2D eigenvalue weighted by molar-refractivity contribution is 7.14. The maximum Gasteiger partial charge on any atom is 0.257 e. The molecule has 24 heavy (non-hydrogen) atoms. The van der Waals surface area contributed by atoms with E-state index in [0.717, 1.165) is 31.2 Å². The van der Waals surface area contributed by atoms with Gasteiger partial charge in [-0.25, -0.2) is 4.98 Å². The van der Waals surface area contributed by atoms with Crippen molar-refractivity contribution in [2.75, 3.05) is 18.4 Å². The van der Waals surface area contributed by atoms with Gasteiger partial charge in [0, 0.05) is 34.1 Å². The SMILES string of the molecule is CC1CCCN(Cc2csc(NC(=O)c3cc(Cl)cc(Cl)c3)n2)C1. The number of piperidine rings is 1. The summed E-state index contributed by atoms with van der Waals surface area (Å²) in [5, 5.41) is 6.28. The molecule has 1 atom stereocenters. The van der Waals surface area contributed by atoms with Gasteiger partial charge in [-0.05, 0) is 43.5 Å². The molecule has 1 fully saturated rings. The highest BCUT2D eigenvalue weighted by Crippen LogP contribution is 2.23. The Bertz CT molecular complexity index is 714. The van der Waals surface area contributed by atoms with Crippen molar-refractivity contribution in [1.29, 1.82) is 0 Å². The zero-order valence-corrected chi connectivity index (χ0v) is 15.7. The average Bonchev–Trinajstić information content (AvgIpc) is 2.93. The van der Waals surface area contributed by atoms with E-state index < -0.39 is 0 Å². The number of carbonyl (C=O) groups is 1. The maximum absolute atomic E-state index is 12.3. The number of nitrogens with zero attached hydrogens (tertiary/aromatic N) is 2. The zero-order chi connectivity index (χ0) is 17.1. The molecule has 1 aromatic carbocycles. The number of hydrogen-bond acceptors (Lipinski definition) is 4. The van der Waals surface area contributed by atoms with Crippen LogP contribution in [0.4, 0.5) is 5.13 Å². The number of likely N-dealkylation sites (tertiary alicyclic amines) is 1. The van der Waals surface area contributed by atoms with E-state index in [1.807, 2.05) is 5.38 Å². The number of nitrogens with one attached hydrogen (secondary N) is 1. The summed E-state index contributed by atoms with van der Waals surface area (Å²) in [4.78, 5) is 19.2. The molecule has 0 aliphatic carbocycles. The van der Waals surface area contributed by atoms with Crippen LogP contribution in [0.2, 0.25) is 10.0 Å². The van der Waals surface area contributed by atoms with E-state index in [-0.39, 0.29) is 5.91 Å². The monoisotopic (exact) mass is 383 g/mol. The molecule has 7 heteroatoms. The molecular formula is C17H19Cl2N3OS. The minimum Gasteiger partial charge on any atom is -0.298 e. The summed E-state index contributed by atoms with van der Waals surface area (Å²) in [7, 11) is 0. The predicted molar refractivity (Wildman–Crippen MR) is 100 cm³/mol. The molecule has 1 aliphatic rings. The van der Waals surface area contributed by atoms with Crippen LogP contribution in [0, 0.1) is 5.92 Å². The predicted octanol–water partition coefficient (Wildman–Crippen LogP) is 4.93. The summed E-state index contributed by atoms with van der Waals surface area (Å²) < 4.78 is 0. The first-order valence-corrected chi connectivity index (χ1v) is 9.57. The number of amides is 1. The molecule has 1 unspecified atom stereocenters. The fraction of sp³-hybridized carbons (Fsp3) is 0.412. The molecule has 0 spiro atoms. The quantitative estimate of drug-likeness (QED) is 0.813. The van der Waals surface area contributed by atoms with Gasteiger partial charge in [0.2, 0.25) is 0 Å². The highest BCUT2D eigenvalue weighted by Gasteiger charge is 2.18. The molecule has 1 N–H and O–H groups in total. The lowest BCUT2D eigenvalue weighted by molar-refractivity contribution is 0.102. The Morgan fingerprint density at radius 1 is 1.38 bits per heavy atom. The third-order valence-corrected chi connectivity index (χ3v) is 5.27. The fourth-order valence-electron chi connectivity index (χ4n) is 2.95. The van der Waals surface area contributed by atoms with Crippen LogP contribution in [-0.2, 0) is 6.54 Å². The van der Waals surface area contributed by atoms with Gasteiger partial charge in [-0.1, -0.05) is 30.1 Å². The van der Waals surface area contributed by atoms with Gasteiger partial charge in [0.1, 0.15) is 0 Å². The van der Waals surface area contributed by atoms with Crippen molar-refractivity contribution in [3.8, 4) is 0 Å². The first kappa shape index (κ1) is 17.7. The molecule has 3 rings (SSSR count). The van der Waals surface area contributed by atoms with Gasteiger partial charge in [0.15, 0.2) is 5.13 Å². The van der Waals surface area contributed by atoms with Crippen molar-refractivity contribution in [3.63, 3.8) is 0 Å². The summed E-state index contributed by atoms with van der Waals surface area (Å²) in [6.45, 7) is 5.35. The van der Waals surface area contributed by atoms with E-state index >= 15 is 0 Å². The molecule has 0 radical (unpaired) electrons. The number of halogens is 2. The fourth-order valence-corrected chi connectivity index (χ4v) is 4.17. The normalized spacial score (nSPS) is 18.5. The van der Waals surface area contributed by atoms with Crippen molar-refractivity contribution in [2.45, 2.75) is 26.3 Å². The number of aromatic nitrogens is 1. The molecule has 2 heterocycles. The van der Waals surface area contributed by atoms with E-state index in [4.69, 9.17) is 23.2 Å². The molecule has 1 aromatic heterocycles. The maximum atomic E-state index is 12.3. The summed E-state index contributed by atoms with van der Waals surface area (Å²) in [6.07, 6.45) is 2.54. The Hall–Kier alpha value is -1.14. The third-order valence-electron chi connectivity index (χ3n) is 4.02. The summed E-state index contributed by atoms with van der Waals surface area (Å²) >= 11 is 13.3. The lowest BCUT2D eigenvalue weighted by Crippen LogP contribution is -2.33. The van der Waals surface area contributed by atoms with Gasteiger partial charge in [-0.2, -0.15) is 0 Å². The first-order valence-electron chi connectivity index (χ1n) is 7.94. The molecule has 0 bridgehead atoms. The number of benzene rings is 1. The highest BCUT2D eigenvalue weighted by atomic mass is 35.5. The Morgan fingerprint density at radius 2 is 2.12 bits per heavy atom. The molecule has 128 valence electrons. The van der Waals surface area contributed by atoms with Gasteiger partial charge < -0.3 is 0 Å². The van der Waals surface area contributed by atoms with Crippen LogP contribution in [0.1, 0.15) is 35.8 Å². The van der Waals surface area contributed by atoms with E-state index in [1.54, 1.807) is 18.2 Å². The van der Waals surface area contributed by atoms with Crippen molar-refractivity contribution in [3.05, 3.63) is 44.9 Å². The van der Waals surface area contributed by atoms with Crippen LogP contribution < -0.4 is 5.32 Å². The molecule has 0 saturated carbocycles. The second-order valence-electron chi connectivity index (χ2n) is 6.24. The average molecular weight is 384 g/mol. The number of hydrogen-bond donors (Lipinski definition) is 1. The minimum absolute atomic E-state index is 0.258. The lowest BCUT2D eigenvalue weighted by atomic mass is 10.0. The summed E-state index contributed by atoms with van der Waals surface area (Å²) in [5.41, 5.74) is 1.42. The Morgan fingerprint density at radius 3 is 2.83 bits per heavy atom. The molecule has 1 amide bonds. The van der Waals surface area contributed by atoms with E-state index in [2.05, 4.69) is 22.1 Å². The standard InChI is InChI=1S/C17H19Cl2N3OS/c1-11-3-2-4-22(8-11)9-15-10-24-17(20-15)21-16(23)12-5-13(18)7-14(19)6-12/h5-7,10-11H,2-4,8-9H2,1H3,(H,20,21,23). The largest absolute Gasteiger partial charge is 0.298 e. The van der Waals surface area contributed by atoms with Gasteiger partial charge in [-0.3, -0.25) is 15.0 Å². The Balaban J connectivity index is 1.62. The van der Waals surface area contributed by atoms with Crippen LogP contribution in [0.5, 0.6) is 0 Å². The molecular weight excluding hydrogens is 365 g/mol. The van der Waals surface area contributed by atoms with E-state index in [0.29, 0.717) is 20.7 Å². The second kappa shape index (κ2) is 7.83. The number of rotatable bonds is 4. The minimum atomic E-state index is -0.258. The third kappa shape index (κ3) is 4.70. The van der Waals surface area contributed by atoms with Crippen LogP contribution in [0.3, 0.4) is 0 Å². The van der Waals surface area contributed by atoms with Gasteiger partial charge >= 0.3 is 0 Å². The van der Waals surface area contributed by atoms with Crippen LogP contribution in [-0.4, -0.2) is 28.9 Å². The molecule has 2 aromatic rings. The number of anilines is 1. The Kier molecular flexibility index (Phi) is 5.76. The van der Waals surface area contributed by atoms with Crippen molar-refractivity contribution in [2.24, 2.45) is 5.92 Å². The second-order valence-corrected chi connectivity index (χ2v) is 7.97. The first-order chi connectivity index (χ1) is 11.5. The van der Waals surface area contributed by atoms with Gasteiger partial charge in [0.05, 0.1) is 5.69 Å². The topological polar surface area (TPSA) is 45.2 Å². The van der Waals surface area contributed by atoms with E-state index in [9.17, 15) is 4.79 Å². The molecule has 1 aliphatic heterocycles. The number of thiazole rings is 1. The zero-order valence-electron chi connectivity index (χ0n) is 13.4. The summed E-state index contributed by atoms with van der Waals surface area (Å²) in [6, 6.07) is 4.78. The number of carbonyl (C=O) groups excluding carboxylic acids is 1. The van der Waals surface area contributed by atoms with Gasteiger partial charge in [-0.15, -0.1) is 11.3 Å². The summed E-state index contributed by atoms with van der Waals surface area (Å²) in [5.74, 6) is 0.482. The van der Waals surface area contributed by atoms with Crippen molar-refractivity contribution >= 4 is 45.6 Å². The lowest BCUT2D eigenvalue weighted by Gasteiger charge is -2.30. The Labute approximate surface area is 155 Å². The molecule has 1 saturated heterocycles. The van der Waals surface area contributed by atoms with Gasteiger partial charge in [0.25, 0.3) is 5.91 Å².